The largest absolute Gasteiger partial charge is 0.394 e. The van der Waals surface area contributed by atoms with E-state index in [4.69, 9.17) is 27.7 Å². The predicted molar refractivity (Wildman–Crippen MR) is 50.2 cm³/mol. The molecule has 0 saturated heterocycles. The molecular weight excluding hydrogens is 188 g/mol. The van der Waals surface area contributed by atoms with Gasteiger partial charge in [-0.25, -0.2) is 0 Å². The molecule has 0 aliphatic carbocycles. The summed E-state index contributed by atoms with van der Waals surface area (Å²) in [5.41, 5.74) is 6.61. The molecule has 1 unspecified atom stereocenters. The quantitative estimate of drug-likeness (QED) is 0.747. The van der Waals surface area contributed by atoms with Gasteiger partial charge in [0.15, 0.2) is 0 Å². The molecule has 1 atom stereocenters. The van der Waals surface area contributed by atoms with Crippen molar-refractivity contribution in [3.05, 3.63) is 34.3 Å². The third-order valence-electron chi connectivity index (χ3n) is 1.73. The smallest absolute Gasteiger partial charge is 0.0995 e. The van der Waals surface area contributed by atoms with E-state index in [0.717, 1.165) is 0 Å². The highest BCUT2D eigenvalue weighted by Crippen LogP contribution is 2.19. The normalized spacial score (nSPS) is 12.2. The van der Waals surface area contributed by atoms with Gasteiger partial charge in [0.1, 0.15) is 0 Å². The van der Waals surface area contributed by atoms with E-state index in [9.17, 15) is 0 Å². The van der Waals surface area contributed by atoms with Gasteiger partial charge >= 0.3 is 0 Å². The molecule has 4 heteroatoms. The molecule has 3 N–H and O–H groups in total. The number of nitrogens with zero attached hydrogens (tertiary/aromatic N) is 1. The molecule has 3 nitrogen and oxygen atoms in total. The van der Waals surface area contributed by atoms with E-state index in [1.807, 2.05) is 6.07 Å². The van der Waals surface area contributed by atoms with Crippen LogP contribution in [0.25, 0.3) is 0 Å². The summed E-state index contributed by atoms with van der Waals surface area (Å²) in [5, 5.41) is 18.0. The number of aliphatic hydroxyl groups excluding tert-OH is 1. The second-order valence-corrected chi connectivity index (χ2v) is 3.07. The lowest BCUT2D eigenvalue weighted by Gasteiger charge is -2.09. The highest BCUT2D eigenvalue weighted by atomic mass is 35.5. The number of rotatable bonds is 2. The third kappa shape index (κ3) is 2.19. The van der Waals surface area contributed by atoms with E-state index in [2.05, 4.69) is 0 Å². The van der Waals surface area contributed by atoms with Crippen LogP contribution >= 0.6 is 11.6 Å². The van der Waals surface area contributed by atoms with Gasteiger partial charge in [-0.05, 0) is 17.7 Å². The zero-order valence-electron chi connectivity index (χ0n) is 6.87. The first-order valence-corrected chi connectivity index (χ1v) is 4.13. The van der Waals surface area contributed by atoms with E-state index in [1.165, 1.54) is 6.07 Å². The van der Waals surface area contributed by atoms with Gasteiger partial charge in [-0.15, -0.1) is 0 Å². The van der Waals surface area contributed by atoms with Crippen LogP contribution in [0.1, 0.15) is 17.2 Å². The predicted octanol–water partition coefficient (Wildman–Crippen LogP) is 1.20. The van der Waals surface area contributed by atoms with Crippen molar-refractivity contribution < 1.29 is 5.11 Å². The lowest BCUT2D eigenvalue weighted by atomic mass is 10.0. The van der Waals surface area contributed by atoms with Crippen LogP contribution in [-0.2, 0) is 0 Å². The molecule has 0 radical (unpaired) electrons. The molecule has 0 saturated carbocycles. The molecule has 0 aliphatic rings. The van der Waals surface area contributed by atoms with Crippen molar-refractivity contribution in [2.45, 2.75) is 6.04 Å². The molecule has 0 aromatic heterocycles. The van der Waals surface area contributed by atoms with Gasteiger partial charge in [-0.1, -0.05) is 17.7 Å². The molecule has 0 spiro atoms. The third-order valence-corrected chi connectivity index (χ3v) is 1.97. The zero-order valence-corrected chi connectivity index (χ0v) is 7.62. The highest BCUT2D eigenvalue weighted by Gasteiger charge is 2.09. The Morgan fingerprint density at radius 2 is 2.31 bits per heavy atom. The molecule has 0 aliphatic heterocycles. The molecule has 13 heavy (non-hydrogen) atoms. The number of hydrogen-bond donors (Lipinski definition) is 2. The standard InChI is InChI=1S/C9H9ClN2O/c10-7-1-2-8(9(12)5-13)6(3-7)4-11/h1-3,9,13H,5,12H2. The summed E-state index contributed by atoms with van der Waals surface area (Å²) in [7, 11) is 0. The number of nitrogens with two attached hydrogens (primary N) is 1. The Bertz CT molecular complexity index is 346. The Balaban J connectivity index is 3.15. The maximum absolute atomic E-state index is 8.81. The second kappa shape index (κ2) is 4.24. The Morgan fingerprint density at radius 1 is 1.62 bits per heavy atom. The van der Waals surface area contributed by atoms with Crippen molar-refractivity contribution in [1.82, 2.24) is 0 Å². The average molecular weight is 197 g/mol. The first kappa shape index (κ1) is 10.0. The number of benzene rings is 1. The maximum atomic E-state index is 8.81. The number of halogens is 1. The van der Waals surface area contributed by atoms with Gasteiger partial charge in [-0.3, -0.25) is 0 Å². The Kier molecular flexibility index (Phi) is 3.26. The minimum atomic E-state index is -0.521. The SMILES string of the molecule is N#Cc1cc(Cl)ccc1C(N)CO. The summed E-state index contributed by atoms with van der Waals surface area (Å²) < 4.78 is 0. The number of hydrogen-bond acceptors (Lipinski definition) is 3. The van der Waals surface area contributed by atoms with E-state index in [-0.39, 0.29) is 6.61 Å². The lowest BCUT2D eigenvalue weighted by Crippen LogP contribution is -2.15. The van der Waals surface area contributed by atoms with Crippen molar-refractivity contribution in [2.24, 2.45) is 5.73 Å². The van der Waals surface area contributed by atoms with E-state index in [1.54, 1.807) is 12.1 Å². The molecular formula is C9H9ClN2O. The number of nitriles is 1. The van der Waals surface area contributed by atoms with Crippen LogP contribution < -0.4 is 5.73 Å². The number of aliphatic hydroxyl groups is 1. The van der Waals surface area contributed by atoms with Crippen LogP contribution in [-0.4, -0.2) is 11.7 Å². The fraction of sp³-hybridized carbons (Fsp3) is 0.222. The van der Waals surface area contributed by atoms with Crippen LogP contribution in [0.5, 0.6) is 0 Å². The second-order valence-electron chi connectivity index (χ2n) is 2.63. The van der Waals surface area contributed by atoms with Gasteiger partial charge in [0.05, 0.1) is 24.3 Å². The molecule has 0 fully saturated rings. The molecule has 0 bridgehead atoms. The van der Waals surface area contributed by atoms with Crippen molar-refractivity contribution in [3.8, 4) is 6.07 Å². The van der Waals surface area contributed by atoms with E-state index < -0.39 is 6.04 Å². The Labute approximate surface area is 81.4 Å². The fourth-order valence-electron chi connectivity index (χ4n) is 1.05. The molecule has 1 aromatic rings. The summed E-state index contributed by atoms with van der Waals surface area (Å²) in [6.45, 7) is -0.184. The summed E-state index contributed by atoms with van der Waals surface area (Å²) in [6, 6.07) is 6.29. The van der Waals surface area contributed by atoms with Gasteiger partial charge in [0, 0.05) is 5.02 Å². The zero-order chi connectivity index (χ0) is 9.84. The Hall–Kier alpha value is -1.08. The summed E-state index contributed by atoms with van der Waals surface area (Å²) in [5.74, 6) is 0. The van der Waals surface area contributed by atoms with Crippen molar-refractivity contribution in [2.75, 3.05) is 6.61 Å². The first-order chi connectivity index (χ1) is 6.19. The topological polar surface area (TPSA) is 70.0 Å². The lowest BCUT2D eigenvalue weighted by molar-refractivity contribution is 0.268. The minimum Gasteiger partial charge on any atom is -0.394 e. The van der Waals surface area contributed by atoms with Crippen LogP contribution in [0.4, 0.5) is 0 Å². The average Bonchev–Trinajstić information content (AvgIpc) is 2.16. The maximum Gasteiger partial charge on any atom is 0.0995 e. The monoisotopic (exact) mass is 196 g/mol. The van der Waals surface area contributed by atoms with Gasteiger partial charge in [0.2, 0.25) is 0 Å². The molecule has 0 heterocycles. The molecule has 1 rings (SSSR count). The molecule has 1 aromatic carbocycles. The van der Waals surface area contributed by atoms with Crippen LogP contribution in [0.2, 0.25) is 5.02 Å². The summed E-state index contributed by atoms with van der Waals surface area (Å²) in [4.78, 5) is 0. The van der Waals surface area contributed by atoms with Gasteiger partial charge < -0.3 is 10.8 Å². The summed E-state index contributed by atoms with van der Waals surface area (Å²) in [6.07, 6.45) is 0. The highest BCUT2D eigenvalue weighted by molar-refractivity contribution is 6.30. The van der Waals surface area contributed by atoms with Gasteiger partial charge in [0.25, 0.3) is 0 Å². The molecule has 68 valence electrons. The minimum absolute atomic E-state index is 0.184. The van der Waals surface area contributed by atoms with E-state index >= 15 is 0 Å². The van der Waals surface area contributed by atoms with Crippen molar-refractivity contribution in [3.63, 3.8) is 0 Å². The van der Waals surface area contributed by atoms with Crippen molar-refractivity contribution >= 4 is 11.6 Å². The van der Waals surface area contributed by atoms with Crippen molar-refractivity contribution in [1.29, 1.82) is 5.26 Å². The molecule has 0 amide bonds. The fourth-order valence-corrected chi connectivity index (χ4v) is 1.22. The van der Waals surface area contributed by atoms with Crippen LogP contribution in [0.3, 0.4) is 0 Å². The van der Waals surface area contributed by atoms with Crippen LogP contribution in [0, 0.1) is 11.3 Å². The van der Waals surface area contributed by atoms with E-state index in [0.29, 0.717) is 16.1 Å². The first-order valence-electron chi connectivity index (χ1n) is 3.75. The summed E-state index contributed by atoms with van der Waals surface area (Å²) >= 11 is 5.69. The van der Waals surface area contributed by atoms with Crippen LogP contribution in [0.15, 0.2) is 18.2 Å². The Morgan fingerprint density at radius 3 is 2.85 bits per heavy atom. The van der Waals surface area contributed by atoms with Gasteiger partial charge in [-0.2, -0.15) is 5.26 Å².